The standard InChI is InChI=1S/C27H21N5O4/c1-34-11-12-35-26-15-24-23(14-19(26)17-29)25(9-10-30-24)36-22-7-5-20(6-8-22)31-27(33)32-21-4-2-3-18(13-21)16-28/h2-10,13-15H,11-12H2,1H3,(H2,31,32,33). The molecule has 0 bridgehead atoms. The van der Waals surface area contributed by atoms with Gasteiger partial charge in [-0.25, -0.2) is 4.79 Å². The van der Waals surface area contributed by atoms with Gasteiger partial charge in [-0.1, -0.05) is 6.07 Å². The number of benzene rings is 3. The highest BCUT2D eigenvalue weighted by Crippen LogP contribution is 2.33. The number of fused-ring (bicyclic) bond motifs is 1. The van der Waals surface area contributed by atoms with Gasteiger partial charge in [-0.15, -0.1) is 0 Å². The average molecular weight is 479 g/mol. The number of amides is 2. The van der Waals surface area contributed by atoms with Crippen LogP contribution >= 0.6 is 0 Å². The van der Waals surface area contributed by atoms with Gasteiger partial charge in [0, 0.05) is 36.1 Å². The first-order valence-electron chi connectivity index (χ1n) is 10.9. The van der Waals surface area contributed by atoms with E-state index in [0.717, 1.165) is 0 Å². The smallest absolute Gasteiger partial charge is 0.323 e. The number of nitriles is 2. The molecule has 3 aromatic carbocycles. The van der Waals surface area contributed by atoms with E-state index in [4.69, 9.17) is 19.5 Å². The van der Waals surface area contributed by atoms with E-state index >= 15 is 0 Å². The SMILES string of the molecule is COCCOc1cc2nccc(Oc3ccc(NC(=O)Nc4cccc(C#N)c4)cc3)c2cc1C#N. The van der Waals surface area contributed by atoms with E-state index in [1.165, 1.54) is 0 Å². The summed E-state index contributed by atoms with van der Waals surface area (Å²) in [6.07, 6.45) is 1.62. The Kier molecular flexibility index (Phi) is 7.57. The van der Waals surface area contributed by atoms with Gasteiger partial charge in [-0.05, 0) is 54.6 Å². The Morgan fingerprint density at radius 1 is 0.917 bits per heavy atom. The van der Waals surface area contributed by atoms with Crippen LogP contribution in [0.4, 0.5) is 16.2 Å². The fraction of sp³-hybridized carbons (Fsp3) is 0.111. The number of anilines is 2. The second-order valence-corrected chi connectivity index (χ2v) is 7.53. The molecule has 2 N–H and O–H groups in total. The first-order chi connectivity index (χ1) is 17.6. The van der Waals surface area contributed by atoms with E-state index < -0.39 is 6.03 Å². The zero-order chi connectivity index (χ0) is 25.3. The molecule has 0 radical (unpaired) electrons. The average Bonchev–Trinajstić information content (AvgIpc) is 2.89. The predicted octanol–water partition coefficient (Wildman–Crippen LogP) is 5.44. The maximum absolute atomic E-state index is 12.3. The number of ether oxygens (including phenoxy) is 3. The van der Waals surface area contributed by atoms with Gasteiger partial charge in [0.15, 0.2) is 0 Å². The van der Waals surface area contributed by atoms with Gasteiger partial charge in [0.2, 0.25) is 0 Å². The summed E-state index contributed by atoms with van der Waals surface area (Å²) in [5.74, 6) is 1.49. The van der Waals surface area contributed by atoms with Gasteiger partial charge in [0.25, 0.3) is 0 Å². The van der Waals surface area contributed by atoms with Gasteiger partial charge >= 0.3 is 6.03 Å². The molecule has 178 valence electrons. The van der Waals surface area contributed by atoms with Gasteiger partial charge in [-0.3, -0.25) is 4.98 Å². The van der Waals surface area contributed by atoms with E-state index in [-0.39, 0.29) is 0 Å². The highest BCUT2D eigenvalue weighted by atomic mass is 16.5. The Labute approximate surface area is 207 Å². The van der Waals surface area contributed by atoms with Gasteiger partial charge in [-0.2, -0.15) is 10.5 Å². The van der Waals surface area contributed by atoms with Crippen LogP contribution in [-0.2, 0) is 4.74 Å². The molecule has 2 amide bonds. The van der Waals surface area contributed by atoms with Crippen molar-refractivity contribution in [1.82, 2.24) is 4.98 Å². The second kappa shape index (κ2) is 11.3. The second-order valence-electron chi connectivity index (χ2n) is 7.53. The van der Waals surface area contributed by atoms with E-state index in [9.17, 15) is 10.1 Å². The largest absolute Gasteiger partial charge is 0.490 e. The molecule has 0 fully saturated rings. The summed E-state index contributed by atoms with van der Waals surface area (Å²) < 4.78 is 16.7. The van der Waals surface area contributed by atoms with Crippen molar-refractivity contribution in [2.45, 2.75) is 0 Å². The Morgan fingerprint density at radius 3 is 2.47 bits per heavy atom. The Hall–Kier alpha value is -5.12. The molecular weight excluding hydrogens is 458 g/mol. The van der Waals surface area contributed by atoms with E-state index in [1.807, 2.05) is 6.07 Å². The molecule has 0 aliphatic rings. The predicted molar refractivity (Wildman–Crippen MR) is 134 cm³/mol. The Morgan fingerprint density at radius 2 is 1.72 bits per heavy atom. The number of methoxy groups -OCH3 is 1. The van der Waals surface area contributed by atoms with Crippen molar-refractivity contribution in [3.63, 3.8) is 0 Å². The number of aromatic nitrogens is 1. The summed E-state index contributed by atoms with van der Waals surface area (Å²) in [5.41, 5.74) is 2.51. The molecule has 0 saturated heterocycles. The molecule has 0 aliphatic carbocycles. The minimum atomic E-state index is -0.438. The molecule has 0 aliphatic heterocycles. The fourth-order valence-corrected chi connectivity index (χ4v) is 3.37. The van der Waals surface area contributed by atoms with Crippen LogP contribution in [-0.4, -0.2) is 31.3 Å². The number of carbonyl (C=O) groups excluding carboxylic acids is 1. The van der Waals surface area contributed by atoms with Crippen LogP contribution in [0.1, 0.15) is 11.1 Å². The molecule has 0 atom stereocenters. The van der Waals surface area contributed by atoms with Crippen molar-refractivity contribution < 1.29 is 19.0 Å². The summed E-state index contributed by atoms with van der Waals surface area (Å²) in [4.78, 5) is 16.7. The monoisotopic (exact) mass is 479 g/mol. The molecule has 36 heavy (non-hydrogen) atoms. The van der Waals surface area contributed by atoms with E-state index in [2.05, 4.69) is 21.7 Å². The molecule has 0 spiro atoms. The van der Waals surface area contributed by atoms with Crippen LogP contribution in [0.25, 0.3) is 10.9 Å². The number of hydrogen-bond donors (Lipinski definition) is 2. The van der Waals surface area contributed by atoms with E-state index in [1.54, 1.807) is 80.0 Å². The topological polar surface area (TPSA) is 129 Å². The third-order valence-corrected chi connectivity index (χ3v) is 5.06. The van der Waals surface area contributed by atoms with Crippen LogP contribution < -0.4 is 20.1 Å². The summed E-state index contributed by atoms with van der Waals surface area (Å²) in [6, 6.07) is 22.3. The van der Waals surface area contributed by atoms with Crippen LogP contribution in [0.3, 0.4) is 0 Å². The third kappa shape index (κ3) is 5.86. The summed E-state index contributed by atoms with van der Waals surface area (Å²) >= 11 is 0. The first kappa shape index (κ1) is 24.0. The van der Waals surface area contributed by atoms with E-state index in [0.29, 0.717) is 63.9 Å². The number of urea groups is 1. The quantitative estimate of drug-likeness (QED) is 0.322. The highest BCUT2D eigenvalue weighted by Gasteiger charge is 2.12. The van der Waals surface area contributed by atoms with Crippen LogP contribution in [0.5, 0.6) is 17.2 Å². The molecule has 9 nitrogen and oxygen atoms in total. The maximum atomic E-state index is 12.3. The van der Waals surface area contributed by atoms with Crippen molar-refractivity contribution >= 4 is 28.3 Å². The number of nitrogens with zero attached hydrogens (tertiary/aromatic N) is 3. The zero-order valence-corrected chi connectivity index (χ0v) is 19.3. The fourth-order valence-electron chi connectivity index (χ4n) is 3.37. The van der Waals surface area contributed by atoms with Crippen molar-refractivity contribution in [3.05, 3.63) is 84.1 Å². The Balaban J connectivity index is 1.46. The maximum Gasteiger partial charge on any atom is 0.323 e. The van der Waals surface area contributed by atoms with Gasteiger partial charge < -0.3 is 24.8 Å². The lowest BCUT2D eigenvalue weighted by Gasteiger charge is -2.12. The minimum Gasteiger partial charge on any atom is -0.490 e. The summed E-state index contributed by atoms with van der Waals surface area (Å²) in [7, 11) is 1.58. The van der Waals surface area contributed by atoms with Gasteiger partial charge in [0.05, 0.1) is 29.3 Å². The van der Waals surface area contributed by atoms with Crippen molar-refractivity contribution in [2.24, 2.45) is 0 Å². The number of hydrogen-bond acceptors (Lipinski definition) is 7. The molecule has 1 heterocycles. The Bertz CT molecular complexity index is 1470. The van der Waals surface area contributed by atoms with Crippen molar-refractivity contribution in [2.75, 3.05) is 31.0 Å². The lowest BCUT2D eigenvalue weighted by atomic mass is 10.1. The number of carbonyl (C=O) groups is 1. The molecule has 4 aromatic rings. The molecule has 4 rings (SSSR count). The van der Waals surface area contributed by atoms with Crippen molar-refractivity contribution in [3.8, 4) is 29.4 Å². The normalized spacial score (nSPS) is 10.2. The number of pyridine rings is 1. The molecule has 1 aromatic heterocycles. The van der Waals surface area contributed by atoms with Crippen molar-refractivity contribution in [1.29, 1.82) is 10.5 Å². The summed E-state index contributed by atoms with van der Waals surface area (Å²) in [6.45, 7) is 0.720. The lowest BCUT2D eigenvalue weighted by Crippen LogP contribution is -2.19. The van der Waals surface area contributed by atoms with Crippen LogP contribution in [0.15, 0.2) is 72.9 Å². The summed E-state index contributed by atoms with van der Waals surface area (Å²) in [5, 5.41) is 24.6. The lowest BCUT2D eigenvalue weighted by molar-refractivity contribution is 0.146. The third-order valence-electron chi connectivity index (χ3n) is 5.06. The van der Waals surface area contributed by atoms with Crippen LogP contribution in [0, 0.1) is 22.7 Å². The number of rotatable bonds is 8. The number of nitrogens with one attached hydrogen (secondary N) is 2. The molecule has 0 unspecified atom stereocenters. The molecule has 0 saturated carbocycles. The molecular formula is C27H21N5O4. The zero-order valence-electron chi connectivity index (χ0n) is 19.3. The van der Waals surface area contributed by atoms with Crippen LogP contribution in [0.2, 0.25) is 0 Å². The molecule has 9 heteroatoms. The minimum absolute atomic E-state index is 0.317. The highest BCUT2D eigenvalue weighted by molar-refractivity contribution is 5.99. The first-order valence-corrected chi connectivity index (χ1v) is 10.9. The van der Waals surface area contributed by atoms with Gasteiger partial charge in [0.1, 0.15) is 29.9 Å².